The van der Waals surface area contributed by atoms with Gasteiger partial charge in [-0.15, -0.1) is 10.2 Å². The average Bonchev–Trinajstić information content (AvgIpc) is 3.08. The van der Waals surface area contributed by atoms with E-state index in [1.54, 1.807) is 0 Å². The smallest absolute Gasteiger partial charge is 0.256 e. The van der Waals surface area contributed by atoms with Crippen molar-refractivity contribution in [3.63, 3.8) is 0 Å². The van der Waals surface area contributed by atoms with Crippen LogP contribution in [0, 0.1) is 13.8 Å². The number of para-hydroxylation sites is 2. The molecule has 0 fully saturated rings. The number of hydrogen-bond donors (Lipinski definition) is 0. The number of aryl methyl sites for hydroxylation is 4. The lowest BCUT2D eigenvalue weighted by molar-refractivity contribution is -0.117. The van der Waals surface area contributed by atoms with E-state index in [0.29, 0.717) is 10.9 Å². The third-order valence-electron chi connectivity index (χ3n) is 5.64. The molecule has 5 rings (SSSR count). The Kier molecular flexibility index (Phi) is 4.98. The van der Waals surface area contributed by atoms with E-state index in [9.17, 15) is 4.79 Å². The molecule has 1 unspecified atom stereocenters. The van der Waals surface area contributed by atoms with Crippen molar-refractivity contribution in [3.8, 4) is 0 Å². The van der Waals surface area contributed by atoms with Crippen LogP contribution in [-0.2, 0) is 17.6 Å². The molecular weight excluding hydrogens is 406 g/mol. The maximum Gasteiger partial charge on any atom is 0.256 e. The lowest BCUT2D eigenvalue weighted by Gasteiger charge is -2.27. The van der Waals surface area contributed by atoms with Crippen LogP contribution in [-0.4, -0.2) is 30.7 Å². The van der Waals surface area contributed by atoms with Crippen LogP contribution in [0.3, 0.4) is 0 Å². The molecule has 0 radical (unpaired) electrons. The van der Waals surface area contributed by atoms with Crippen LogP contribution in [0.15, 0.2) is 59.8 Å². The molecule has 4 aromatic rings. The van der Waals surface area contributed by atoms with Gasteiger partial charge in [0, 0.05) is 11.4 Å². The second-order valence-corrected chi connectivity index (χ2v) is 9.16. The lowest BCUT2D eigenvalue weighted by Crippen LogP contribution is -2.33. The summed E-state index contributed by atoms with van der Waals surface area (Å²) in [7, 11) is 0. The number of benzene rings is 2. The summed E-state index contributed by atoms with van der Waals surface area (Å²) in [5.41, 5.74) is 6.20. The first-order valence-electron chi connectivity index (χ1n) is 10.4. The second-order valence-electron chi connectivity index (χ2n) is 7.85. The van der Waals surface area contributed by atoms with Gasteiger partial charge in [-0.2, -0.15) is 0 Å². The van der Waals surface area contributed by atoms with E-state index in [1.165, 1.54) is 22.9 Å². The molecule has 7 heteroatoms. The molecule has 0 saturated heterocycles. The van der Waals surface area contributed by atoms with Gasteiger partial charge < -0.3 is 0 Å². The largest absolute Gasteiger partial charge is 0.280 e. The number of anilines is 2. The van der Waals surface area contributed by atoms with Gasteiger partial charge in [-0.25, -0.2) is 4.98 Å². The third kappa shape index (κ3) is 3.49. The Bertz CT molecular complexity index is 1250. The van der Waals surface area contributed by atoms with Gasteiger partial charge >= 0.3 is 0 Å². The van der Waals surface area contributed by atoms with Crippen LogP contribution in [0.4, 0.5) is 11.4 Å². The van der Waals surface area contributed by atoms with Crippen LogP contribution in [0.5, 0.6) is 0 Å². The fraction of sp³-hybridized carbons (Fsp3) is 0.250. The van der Waals surface area contributed by atoms with Gasteiger partial charge in [-0.05, 0) is 62.9 Å². The molecule has 1 amide bonds. The SMILES string of the molecule is Cc1cc(C)n2c(SC(C)C(=O)N3c4ccccc4CCc4ccccc43)nnc2n1. The van der Waals surface area contributed by atoms with Gasteiger partial charge in [0.05, 0.1) is 16.6 Å². The van der Waals surface area contributed by atoms with E-state index in [-0.39, 0.29) is 11.2 Å². The fourth-order valence-electron chi connectivity index (χ4n) is 4.18. The molecule has 6 nitrogen and oxygen atoms in total. The molecule has 1 aliphatic rings. The van der Waals surface area contributed by atoms with Crippen LogP contribution in [0.25, 0.3) is 5.78 Å². The van der Waals surface area contributed by atoms with Gasteiger partial charge in [0.25, 0.3) is 5.78 Å². The molecule has 31 heavy (non-hydrogen) atoms. The van der Waals surface area contributed by atoms with Crippen molar-refractivity contribution < 1.29 is 4.79 Å². The maximum atomic E-state index is 13.8. The van der Waals surface area contributed by atoms with Crippen LogP contribution in [0.1, 0.15) is 29.4 Å². The van der Waals surface area contributed by atoms with E-state index in [2.05, 4.69) is 27.3 Å². The molecule has 1 atom stereocenters. The Hall–Kier alpha value is -3.19. The number of rotatable bonds is 3. The average molecular weight is 430 g/mol. The summed E-state index contributed by atoms with van der Waals surface area (Å²) in [6.07, 6.45) is 1.83. The number of aromatic nitrogens is 4. The Morgan fingerprint density at radius 3 is 2.23 bits per heavy atom. The molecule has 2 aromatic carbocycles. The lowest BCUT2D eigenvalue weighted by atomic mass is 10.0. The number of carbonyl (C=O) groups excluding carboxylic acids is 1. The molecule has 1 aliphatic heterocycles. The van der Waals surface area contributed by atoms with E-state index >= 15 is 0 Å². The summed E-state index contributed by atoms with van der Waals surface area (Å²) >= 11 is 1.42. The summed E-state index contributed by atoms with van der Waals surface area (Å²) in [5.74, 6) is 0.589. The summed E-state index contributed by atoms with van der Waals surface area (Å²) in [4.78, 5) is 20.1. The number of thioether (sulfide) groups is 1. The minimum Gasteiger partial charge on any atom is -0.280 e. The quantitative estimate of drug-likeness (QED) is 0.442. The van der Waals surface area contributed by atoms with Crippen molar-refractivity contribution in [1.29, 1.82) is 0 Å². The minimum absolute atomic E-state index is 0.0290. The Morgan fingerprint density at radius 1 is 0.968 bits per heavy atom. The molecule has 2 aromatic heterocycles. The first kappa shape index (κ1) is 19.8. The summed E-state index contributed by atoms with van der Waals surface area (Å²) in [6.45, 7) is 5.87. The van der Waals surface area contributed by atoms with Gasteiger partial charge in [-0.3, -0.25) is 14.1 Å². The summed E-state index contributed by atoms with van der Waals surface area (Å²) < 4.78 is 1.91. The Labute approximate surface area is 185 Å². The molecule has 0 bridgehead atoms. The van der Waals surface area contributed by atoms with Crippen molar-refractivity contribution in [1.82, 2.24) is 19.6 Å². The van der Waals surface area contributed by atoms with Crippen molar-refractivity contribution in [3.05, 3.63) is 77.1 Å². The third-order valence-corrected chi connectivity index (χ3v) is 6.67. The Morgan fingerprint density at radius 2 is 1.58 bits per heavy atom. The van der Waals surface area contributed by atoms with Crippen molar-refractivity contribution in [2.45, 2.75) is 44.0 Å². The van der Waals surface area contributed by atoms with Gasteiger partial charge in [0.15, 0.2) is 5.16 Å². The zero-order valence-electron chi connectivity index (χ0n) is 17.7. The Balaban J connectivity index is 1.53. The van der Waals surface area contributed by atoms with Crippen molar-refractivity contribution in [2.24, 2.45) is 0 Å². The molecular formula is C24H23N5OS. The minimum atomic E-state index is -0.354. The van der Waals surface area contributed by atoms with E-state index in [0.717, 1.165) is 35.6 Å². The van der Waals surface area contributed by atoms with Crippen LogP contribution in [0.2, 0.25) is 0 Å². The zero-order chi connectivity index (χ0) is 21.5. The normalized spacial score (nSPS) is 14.1. The molecule has 0 aliphatic carbocycles. The number of hydrogen-bond acceptors (Lipinski definition) is 5. The molecule has 3 heterocycles. The first-order valence-corrected chi connectivity index (χ1v) is 11.3. The van der Waals surface area contributed by atoms with Gasteiger partial charge in [0.2, 0.25) is 5.91 Å². The topological polar surface area (TPSA) is 63.4 Å². The van der Waals surface area contributed by atoms with E-state index in [4.69, 9.17) is 0 Å². The maximum absolute atomic E-state index is 13.8. The molecule has 156 valence electrons. The number of amides is 1. The van der Waals surface area contributed by atoms with E-state index in [1.807, 2.05) is 72.5 Å². The van der Waals surface area contributed by atoms with Crippen molar-refractivity contribution in [2.75, 3.05) is 4.90 Å². The first-order chi connectivity index (χ1) is 15.0. The van der Waals surface area contributed by atoms with Crippen LogP contribution < -0.4 is 4.90 Å². The monoisotopic (exact) mass is 429 g/mol. The summed E-state index contributed by atoms with van der Waals surface area (Å²) in [5, 5.41) is 8.85. The van der Waals surface area contributed by atoms with Crippen LogP contribution >= 0.6 is 11.8 Å². The van der Waals surface area contributed by atoms with Gasteiger partial charge in [-0.1, -0.05) is 48.2 Å². The summed E-state index contributed by atoms with van der Waals surface area (Å²) in [6, 6.07) is 18.4. The molecule has 0 N–H and O–H groups in total. The number of fused-ring (bicyclic) bond motifs is 3. The number of nitrogens with zero attached hydrogens (tertiary/aromatic N) is 5. The second kappa shape index (κ2) is 7.81. The predicted octanol–water partition coefficient (Wildman–Crippen LogP) is 4.69. The molecule has 0 saturated carbocycles. The highest BCUT2D eigenvalue weighted by atomic mass is 32.2. The zero-order valence-corrected chi connectivity index (χ0v) is 18.6. The highest BCUT2D eigenvalue weighted by molar-refractivity contribution is 8.00. The highest BCUT2D eigenvalue weighted by Gasteiger charge is 2.30. The van der Waals surface area contributed by atoms with E-state index < -0.39 is 0 Å². The molecule has 0 spiro atoms. The number of carbonyl (C=O) groups is 1. The fourth-order valence-corrected chi connectivity index (χ4v) is 5.13. The predicted molar refractivity (Wildman–Crippen MR) is 123 cm³/mol. The standard InChI is InChI=1S/C24H23N5OS/c1-15-14-16(2)28-23(25-15)26-27-24(28)31-17(3)22(30)29-20-10-6-4-8-18(20)12-13-19-9-5-7-11-21(19)29/h4-11,14,17H,12-13H2,1-3H3. The van der Waals surface area contributed by atoms with Crippen molar-refractivity contribution >= 4 is 34.8 Å². The van der Waals surface area contributed by atoms with Gasteiger partial charge in [0.1, 0.15) is 0 Å². The highest BCUT2D eigenvalue weighted by Crippen LogP contribution is 2.38.